The standard InChI is InChI=1S/C12H16N4O3/c1-8-11(16(17)18)2-3-12(13-8)15-4-9(5-15)14-10-6-19-7-10/h2-3,9-10,14H,4-7H2,1H3. The maximum atomic E-state index is 10.7. The Morgan fingerprint density at radius 2 is 2.16 bits per heavy atom. The van der Waals surface area contributed by atoms with Gasteiger partial charge in [-0.3, -0.25) is 10.1 Å². The highest BCUT2D eigenvalue weighted by Gasteiger charge is 2.32. The number of nitrogens with one attached hydrogen (secondary N) is 1. The molecule has 19 heavy (non-hydrogen) atoms. The summed E-state index contributed by atoms with van der Waals surface area (Å²) in [4.78, 5) is 16.7. The van der Waals surface area contributed by atoms with E-state index in [2.05, 4.69) is 15.2 Å². The fraction of sp³-hybridized carbons (Fsp3) is 0.583. The highest BCUT2D eigenvalue weighted by atomic mass is 16.6. The SMILES string of the molecule is Cc1nc(N2CC(NC3COC3)C2)ccc1[N+](=O)[O-]. The number of hydrogen-bond donors (Lipinski definition) is 1. The summed E-state index contributed by atoms with van der Waals surface area (Å²) >= 11 is 0. The van der Waals surface area contributed by atoms with Gasteiger partial charge in [0.05, 0.1) is 24.2 Å². The molecule has 0 saturated carbocycles. The molecule has 7 nitrogen and oxygen atoms in total. The normalized spacial score (nSPS) is 19.9. The van der Waals surface area contributed by atoms with Crippen LogP contribution in [-0.2, 0) is 4.74 Å². The monoisotopic (exact) mass is 264 g/mol. The topological polar surface area (TPSA) is 80.5 Å². The molecule has 0 unspecified atom stereocenters. The van der Waals surface area contributed by atoms with Gasteiger partial charge in [-0.15, -0.1) is 0 Å². The van der Waals surface area contributed by atoms with Crippen LogP contribution in [-0.4, -0.2) is 48.3 Å². The van der Waals surface area contributed by atoms with E-state index in [9.17, 15) is 10.1 Å². The fourth-order valence-corrected chi connectivity index (χ4v) is 2.35. The zero-order valence-corrected chi connectivity index (χ0v) is 10.7. The van der Waals surface area contributed by atoms with Crippen LogP contribution in [0.4, 0.5) is 11.5 Å². The number of nitro groups is 1. The van der Waals surface area contributed by atoms with Gasteiger partial charge in [0.25, 0.3) is 5.69 Å². The number of aryl methyl sites for hydroxylation is 1. The van der Waals surface area contributed by atoms with Crippen molar-refractivity contribution in [2.45, 2.75) is 19.0 Å². The molecule has 2 fully saturated rings. The molecule has 102 valence electrons. The lowest BCUT2D eigenvalue weighted by Gasteiger charge is -2.43. The van der Waals surface area contributed by atoms with Gasteiger partial charge in [0.2, 0.25) is 0 Å². The number of anilines is 1. The van der Waals surface area contributed by atoms with Crippen molar-refractivity contribution in [2.75, 3.05) is 31.2 Å². The second kappa shape index (κ2) is 4.75. The molecule has 0 spiro atoms. The quantitative estimate of drug-likeness (QED) is 0.629. The maximum Gasteiger partial charge on any atom is 0.290 e. The van der Waals surface area contributed by atoms with E-state index < -0.39 is 4.92 Å². The Hall–Kier alpha value is -1.73. The van der Waals surface area contributed by atoms with Gasteiger partial charge in [0.15, 0.2) is 0 Å². The van der Waals surface area contributed by atoms with Crippen LogP contribution >= 0.6 is 0 Å². The van der Waals surface area contributed by atoms with Gasteiger partial charge in [-0.05, 0) is 13.0 Å². The van der Waals surface area contributed by atoms with Crippen LogP contribution in [0, 0.1) is 17.0 Å². The zero-order chi connectivity index (χ0) is 13.4. The molecule has 1 aromatic rings. The lowest BCUT2D eigenvalue weighted by Crippen LogP contribution is -2.63. The number of pyridine rings is 1. The Kier molecular flexibility index (Phi) is 3.08. The molecule has 2 aliphatic rings. The van der Waals surface area contributed by atoms with E-state index in [1.807, 2.05) is 0 Å². The van der Waals surface area contributed by atoms with Crippen molar-refractivity contribution in [1.82, 2.24) is 10.3 Å². The van der Waals surface area contributed by atoms with Gasteiger partial charge >= 0.3 is 0 Å². The molecular formula is C12H16N4O3. The van der Waals surface area contributed by atoms with E-state index in [-0.39, 0.29) is 5.69 Å². The summed E-state index contributed by atoms with van der Waals surface area (Å²) in [5, 5.41) is 14.2. The summed E-state index contributed by atoms with van der Waals surface area (Å²) in [5.74, 6) is 0.811. The minimum atomic E-state index is -0.400. The van der Waals surface area contributed by atoms with Crippen LogP contribution in [0.15, 0.2) is 12.1 Å². The van der Waals surface area contributed by atoms with Gasteiger partial charge < -0.3 is 15.0 Å². The summed E-state index contributed by atoms with van der Waals surface area (Å²) < 4.78 is 5.11. The molecule has 2 saturated heterocycles. The molecule has 0 atom stereocenters. The molecule has 0 amide bonds. The molecule has 1 N–H and O–H groups in total. The molecule has 2 aliphatic heterocycles. The first kappa shape index (κ1) is 12.3. The molecule has 3 rings (SSSR count). The van der Waals surface area contributed by atoms with E-state index >= 15 is 0 Å². The molecule has 0 bridgehead atoms. The van der Waals surface area contributed by atoms with Crippen molar-refractivity contribution in [3.8, 4) is 0 Å². The van der Waals surface area contributed by atoms with Crippen LogP contribution in [0.1, 0.15) is 5.69 Å². The molecule has 0 aliphatic carbocycles. The zero-order valence-electron chi connectivity index (χ0n) is 10.7. The smallest absolute Gasteiger partial charge is 0.290 e. The predicted molar refractivity (Wildman–Crippen MR) is 69.4 cm³/mol. The average molecular weight is 264 g/mol. The lowest BCUT2D eigenvalue weighted by molar-refractivity contribution is -0.385. The van der Waals surface area contributed by atoms with Gasteiger partial charge in [0, 0.05) is 25.2 Å². The Morgan fingerprint density at radius 1 is 1.42 bits per heavy atom. The van der Waals surface area contributed by atoms with Crippen LogP contribution in [0.5, 0.6) is 0 Å². The molecule has 7 heteroatoms. The summed E-state index contributed by atoms with van der Waals surface area (Å²) in [6.07, 6.45) is 0. The molecule has 0 radical (unpaired) electrons. The van der Waals surface area contributed by atoms with Gasteiger partial charge in [0.1, 0.15) is 11.5 Å². The Bertz CT molecular complexity index is 498. The van der Waals surface area contributed by atoms with Crippen LogP contribution in [0.3, 0.4) is 0 Å². The maximum absolute atomic E-state index is 10.7. The third-order valence-corrected chi connectivity index (χ3v) is 3.55. The molecular weight excluding hydrogens is 248 g/mol. The van der Waals surface area contributed by atoms with Crippen LogP contribution < -0.4 is 10.2 Å². The summed E-state index contributed by atoms with van der Waals surface area (Å²) in [6, 6.07) is 4.19. The number of nitrogens with zero attached hydrogens (tertiary/aromatic N) is 3. The first-order valence-electron chi connectivity index (χ1n) is 6.34. The summed E-state index contributed by atoms with van der Waals surface area (Å²) in [6.45, 7) is 5.04. The van der Waals surface area contributed by atoms with Crippen molar-refractivity contribution in [2.24, 2.45) is 0 Å². The number of aromatic nitrogens is 1. The second-order valence-electron chi connectivity index (χ2n) is 5.03. The molecule has 3 heterocycles. The third-order valence-electron chi connectivity index (χ3n) is 3.55. The van der Waals surface area contributed by atoms with Gasteiger partial charge in [-0.1, -0.05) is 0 Å². The third kappa shape index (κ3) is 2.39. The van der Waals surface area contributed by atoms with Gasteiger partial charge in [-0.25, -0.2) is 4.98 Å². The van der Waals surface area contributed by atoms with Crippen molar-refractivity contribution in [3.05, 3.63) is 27.9 Å². The van der Waals surface area contributed by atoms with E-state index in [4.69, 9.17) is 4.74 Å². The summed E-state index contributed by atoms with van der Waals surface area (Å²) in [7, 11) is 0. The van der Waals surface area contributed by atoms with Crippen molar-refractivity contribution >= 4 is 11.5 Å². The number of hydrogen-bond acceptors (Lipinski definition) is 6. The molecule has 0 aromatic carbocycles. The fourth-order valence-electron chi connectivity index (χ4n) is 2.35. The van der Waals surface area contributed by atoms with E-state index in [1.165, 1.54) is 6.07 Å². The van der Waals surface area contributed by atoms with Crippen molar-refractivity contribution in [3.63, 3.8) is 0 Å². The molecule has 1 aromatic heterocycles. The van der Waals surface area contributed by atoms with E-state index in [1.54, 1.807) is 13.0 Å². The minimum Gasteiger partial charge on any atom is -0.378 e. The highest BCUT2D eigenvalue weighted by Crippen LogP contribution is 2.24. The first-order chi connectivity index (χ1) is 9.13. The first-order valence-corrected chi connectivity index (χ1v) is 6.34. The van der Waals surface area contributed by atoms with E-state index in [0.29, 0.717) is 17.8 Å². The van der Waals surface area contributed by atoms with Gasteiger partial charge in [-0.2, -0.15) is 0 Å². The Labute approximate surface area is 110 Å². The van der Waals surface area contributed by atoms with Crippen LogP contribution in [0.2, 0.25) is 0 Å². The summed E-state index contributed by atoms with van der Waals surface area (Å²) in [5.41, 5.74) is 0.539. The second-order valence-corrected chi connectivity index (χ2v) is 5.03. The average Bonchev–Trinajstić information content (AvgIpc) is 2.24. The van der Waals surface area contributed by atoms with Crippen LogP contribution in [0.25, 0.3) is 0 Å². The Balaban J connectivity index is 1.58. The van der Waals surface area contributed by atoms with E-state index in [0.717, 1.165) is 32.1 Å². The van der Waals surface area contributed by atoms with Crippen molar-refractivity contribution in [1.29, 1.82) is 0 Å². The van der Waals surface area contributed by atoms with Crippen molar-refractivity contribution < 1.29 is 9.66 Å². The highest BCUT2D eigenvalue weighted by molar-refractivity contribution is 5.49. The predicted octanol–water partition coefficient (Wildman–Crippen LogP) is 0.475. The Morgan fingerprint density at radius 3 is 2.68 bits per heavy atom. The number of ether oxygens (including phenoxy) is 1. The lowest BCUT2D eigenvalue weighted by atomic mass is 10.1. The number of rotatable bonds is 4. The largest absolute Gasteiger partial charge is 0.378 e. The minimum absolute atomic E-state index is 0.0746.